The van der Waals surface area contributed by atoms with Crippen molar-refractivity contribution in [1.82, 2.24) is 9.80 Å². The molecule has 0 aliphatic carbocycles. The van der Waals surface area contributed by atoms with Crippen molar-refractivity contribution in [3.63, 3.8) is 0 Å². The van der Waals surface area contributed by atoms with Gasteiger partial charge in [-0.05, 0) is 25.7 Å². The van der Waals surface area contributed by atoms with Gasteiger partial charge in [0.15, 0.2) is 0 Å². The number of nitrogens with zero attached hydrogens (tertiary/aromatic N) is 2. The average Bonchev–Trinajstić information content (AvgIpc) is 3.05. The second kappa shape index (κ2) is 5.36. The minimum atomic E-state index is -0.814. The number of aliphatic carboxylic acids is 1. The van der Waals surface area contributed by atoms with E-state index in [0.29, 0.717) is 25.9 Å². The molecule has 0 aromatic heterocycles. The number of hydrogen-bond acceptors (Lipinski definition) is 3. The summed E-state index contributed by atoms with van der Waals surface area (Å²) in [6.45, 7) is 3.28. The van der Waals surface area contributed by atoms with E-state index < -0.39 is 11.4 Å². The van der Waals surface area contributed by atoms with Crippen LogP contribution in [-0.2, 0) is 4.79 Å². The third-order valence-electron chi connectivity index (χ3n) is 4.59. The monoisotopic (exact) mass is 270 g/mol. The number of carboxylic acid groups (broad SMARTS) is 1. The summed E-state index contributed by atoms with van der Waals surface area (Å²) >= 11 is 0. The van der Waals surface area contributed by atoms with Crippen LogP contribution in [0.5, 0.6) is 0 Å². The average molecular weight is 270 g/mol. The smallest absolute Gasteiger partial charge is 0.320 e. The van der Waals surface area contributed by atoms with Crippen LogP contribution in [0, 0.1) is 5.41 Å². The first-order valence-electron chi connectivity index (χ1n) is 6.94. The molecule has 0 saturated carbocycles. The summed E-state index contributed by atoms with van der Waals surface area (Å²) in [5, 5.41) is 18.6. The quantitative estimate of drug-likeness (QED) is 0.793. The summed E-state index contributed by atoms with van der Waals surface area (Å²) in [5.41, 5.74) is -0.788. The van der Waals surface area contributed by atoms with Crippen LogP contribution in [0.15, 0.2) is 0 Å². The number of hydrogen-bond donors (Lipinski definition) is 2. The molecular weight excluding hydrogens is 248 g/mol. The largest absolute Gasteiger partial charge is 0.481 e. The number of rotatable bonds is 3. The maximum Gasteiger partial charge on any atom is 0.320 e. The third kappa shape index (κ3) is 2.41. The fourth-order valence-electron chi connectivity index (χ4n) is 3.11. The maximum absolute atomic E-state index is 12.4. The number of aliphatic hydroxyl groups is 1. The molecule has 6 nitrogen and oxygen atoms in total. The van der Waals surface area contributed by atoms with Crippen molar-refractivity contribution in [2.24, 2.45) is 5.41 Å². The summed E-state index contributed by atoms with van der Waals surface area (Å²) in [4.78, 5) is 27.1. The van der Waals surface area contributed by atoms with E-state index in [0.717, 1.165) is 12.8 Å². The molecule has 0 aromatic carbocycles. The van der Waals surface area contributed by atoms with E-state index in [-0.39, 0.29) is 25.2 Å². The van der Waals surface area contributed by atoms with Gasteiger partial charge in [-0.25, -0.2) is 4.79 Å². The van der Waals surface area contributed by atoms with Crippen LogP contribution in [0.3, 0.4) is 0 Å². The molecule has 2 N–H and O–H groups in total. The molecule has 0 aromatic rings. The zero-order chi connectivity index (χ0) is 14.0. The van der Waals surface area contributed by atoms with E-state index >= 15 is 0 Å². The Bertz CT molecular complexity index is 374. The maximum atomic E-state index is 12.4. The van der Waals surface area contributed by atoms with Gasteiger partial charge in [0.2, 0.25) is 0 Å². The highest BCUT2D eigenvalue weighted by molar-refractivity contribution is 5.80. The van der Waals surface area contributed by atoms with Crippen LogP contribution in [0.2, 0.25) is 0 Å². The van der Waals surface area contributed by atoms with E-state index in [1.54, 1.807) is 9.80 Å². The van der Waals surface area contributed by atoms with Crippen molar-refractivity contribution in [1.29, 1.82) is 0 Å². The molecular formula is C13H22N2O4. The third-order valence-corrected chi connectivity index (χ3v) is 4.59. The fourth-order valence-corrected chi connectivity index (χ4v) is 3.11. The highest BCUT2D eigenvalue weighted by atomic mass is 16.4. The van der Waals surface area contributed by atoms with Gasteiger partial charge in [0.1, 0.15) is 0 Å². The topological polar surface area (TPSA) is 81.1 Å². The lowest BCUT2D eigenvalue weighted by molar-refractivity contribution is -0.148. The van der Waals surface area contributed by atoms with Crippen LogP contribution in [0.4, 0.5) is 4.79 Å². The van der Waals surface area contributed by atoms with Crippen molar-refractivity contribution in [3.05, 3.63) is 0 Å². The lowest BCUT2D eigenvalue weighted by Crippen LogP contribution is -2.47. The predicted octanol–water partition coefficient (Wildman–Crippen LogP) is 0.750. The van der Waals surface area contributed by atoms with Gasteiger partial charge in [0.05, 0.1) is 18.1 Å². The van der Waals surface area contributed by atoms with Gasteiger partial charge in [-0.3, -0.25) is 4.79 Å². The fraction of sp³-hybridized carbons (Fsp3) is 0.846. The standard InChI is InChI=1S/C13H22N2O4/c1-2-13(11(17)18)5-7-14(9-13)12(19)15-6-3-4-10(15)8-16/h10,16H,2-9H2,1H3,(H,17,18). The molecule has 2 heterocycles. The van der Waals surface area contributed by atoms with Gasteiger partial charge in [-0.1, -0.05) is 6.92 Å². The Morgan fingerprint density at radius 1 is 1.37 bits per heavy atom. The molecule has 19 heavy (non-hydrogen) atoms. The van der Waals surface area contributed by atoms with Gasteiger partial charge >= 0.3 is 12.0 Å². The van der Waals surface area contributed by atoms with E-state index in [2.05, 4.69) is 0 Å². The van der Waals surface area contributed by atoms with E-state index in [9.17, 15) is 19.8 Å². The normalized spacial score (nSPS) is 30.9. The zero-order valence-electron chi connectivity index (χ0n) is 11.3. The summed E-state index contributed by atoms with van der Waals surface area (Å²) in [6.07, 6.45) is 2.79. The molecule has 0 radical (unpaired) electrons. The van der Waals surface area contributed by atoms with E-state index in [1.807, 2.05) is 6.92 Å². The number of carbonyl (C=O) groups is 2. The number of urea groups is 1. The molecule has 108 valence electrons. The van der Waals surface area contributed by atoms with Gasteiger partial charge in [-0.15, -0.1) is 0 Å². The second-order valence-electron chi connectivity index (χ2n) is 5.57. The van der Waals surface area contributed by atoms with Crippen LogP contribution in [0.25, 0.3) is 0 Å². The molecule has 2 fully saturated rings. The van der Waals surface area contributed by atoms with Gasteiger partial charge in [0, 0.05) is 19.6 Å². The highest BCUT2D eigenvalue weighted by Gasteiger charge is 2.46. The Morgan fingerprint density at radius 3 is 2.63 bits per heavy atom. The van der Waals surface area contributed by atoms with Crippen LogP contribution in [-0.4, -0.2) is 64.3 Å². The van der Waals surface area contributed by atoms with Crippen LogP contribution < -0.4 is 0 Å². The molecule has 2 amide bonds. The van der Waals surface area contributed by atoms with Crippen molar-refractivity contribution in [2.45, 2.75) is 38.6 Å². The molecule has 2 aliphatic heterocycles. The predicted molar refractivity (Wildman–Crippen MR) is 68.8 cm³/mol. The first-order valence-corrected chi connectivity index (χ1v) is 6.94. The summed E-state index contributed by atoms with van der Waals surface area (Å²) in [5.74, 6) is -0.814. The van der Waals surface area contributed by atoms with Crippen molar-refractivity contribution in [2.75, 3.05) is 26.2 Å². The van der Waals surface area contributed by atoms with Crippen molar-refractivity contribution >= 4 is 12.0 Å². The minimum Gasteiger partial charge on any atom is -0.481 e. The number of aliphatic hydroxyl groups excluding tert-OH is 1. The number of likely N-dealkylation sites (tertiary alicyclic amines) is 2. The zero-order valence-corrected chi connectivity index (χ0v) is 11.3. The summed E-state index contributed by atoms with van der Waals surface area (Å²) in [6, 6.07) is -0.220. The molecule has 0 spiro atoms. The lowest BCUT2D eigenvalue weighted by atomic mass is 9.84. The molecule has 6 heteroatoms. The van der Waals surface area contributed by atoms with Crippen molar-refractivity contribution in [3.8, 4) is 0 Å². The Kier molecular flexibility index (Phi) is 3.99. The van der Waals surface area contributed by atoms with E-state index in [1.165, 1.54) is 0 Å². The molecule has 2 unspecified atom stereocenters. The summed E-state index contributed by atoms with van der Waals surface area (Å²) < 4.78 is 0. The highest BCUT2D eigenvalue weighted by Crippen LogP contribution is 2.35. The SMILES string of the molecule is CCC1(C(=O)O)CCN(C(=O)N2CCCC2CO)C1. The Hall–Kier alpha value is -1.30. The van der Waals surface area contributed by atoms with Gasteiger partial charge in [-0.2, -0.15) is 0 Å². The Balaban J connectivity index is 2.04. The van der Waals surface area contributed by atoms with Gasteiger partial charge < -0.3 is 20.0 Å². The minimum absolute atomic E-state index is 0.0164. The molecule has 2 aliphatic rings. The summed E-state index contributed by atoms with van der Waals surface area (Å²) in [7, 11) is 0. The first kappa shape index (κ1) is 14.1. The Labute approximate surface area is 113 Å². The molecule has 2 atom stereocenters. The Morgan fingerprint density at radius 2 is 2.11 bits per heavy atom. The number of amides is 2. The molecule has 0 bridgehead atoms. The van der Waals surface area contributed by atoms with Crippen molar-refractivity contribution < 1.29 is 19.8 Å². The number of carboxylic acids is 1. The lowest BCUT2D eigenvalue weighted by Gasteiger charge is -2.29. The van der Waals surface area contributed by atoms with Crippen LogP contribution in [0.1, 0.15) is 32.6 Å². The molecule has 2 rings (SSSR count). The first-order chi connectivity index (χ1) is 9.04. The van der Waals surface area contributed by atoms with Gasteiger partial charge in [0.25, 0.3) is 0 Å². The molecule has 2 saturated heterocycles. The number of carbonyl (C=O) groups excluding carboxylic acids is 1. The van der Waals surface area contributed by atoms with E-state index in [4.69, 9.17) is 0 Å². The van der Waals surface area contributed by atoms with Crippen LogP contribution >= 0.6 is 0 Å². The second-order valence-corrected chi connectivity index (χ2v) is 5.57.